The van der Waals surface area contributed by atoms with Gasteiger partial charge in [-0.05, 0) is 32.8 Å². The number of hydrogen-bond acceptors (Lipinski definition) is 9. The highest BCUT2D eigenvalue weighted by Gasteiger charge is 2.40. The van der Waals surface area contributed by atoms with Crippen LogP contribution in [-0.4, -0.2) is 80.7 Å². The fourth-order valence-electron chi connectivity index (χ4n) is 4.99. The van der Waals surface area contributed by atoms with E-state index in [1.165, 1.54) is 12.3 Å². The molecule has 2 aromatic rings. The van der Waals surface area contributed by atoms with Crippen LogP contribution in [0.15, 0.2) is 30.5 Å². The second-order valence-electron chi connectivity index (χ2n) is 9.61. The SMILES string of the molecule is Cc1nc2c(c(N3CCC3)n1)[C@@H](C)N(C(=O)[C@@H]1CCN(c3ccnc(OC(F)F)c3)C1)C2.O=C(O)/C=C/C(=O)O. The topological polar surface area (TPSA) is 149 Å². The second kappa shape index (κ2) is 12.2. The van der Waals surface area contributed by atoms with Crippen LogP contribution in [0.25, 0.3) is 0 Å². The summed E-state index contributed by atoms with van der Waals surface area (Å²) in [5.74, 6) is -0.996. The number of halogens is 2. The van der Waals surface area contributed by atoms with E-state index < -0.39 is 18.6 Å². The Hall–Kier alpha value is -4.36. The summed E-state index contributed by atoms with van der Waals surface area (Å²) in [7, 11) is 0. The molecule has 2 aromatic heterocycles. The van der Waals surface area contributed by atoms with Crippen molar-refractivity contribution in [2.24, 2.45) is 5.92 Å². The Kier molecular flexibility index (Phi) is 8.75. The number of aliphatic carboxylic acids is 2. The molecule has 40 heavy (non-hydrogen) atoms. The lowest BCUT2D eigenvalue weighted by Gasteiger charge is -2.34. The minimum atomic E-state index is -2.92. The first-order valence-corrected chi connectivity index (χ1v) is 12.8. The summed E-state index contributed by atoms with van der Waals surface area (Å²) in [4.78, 5) is 51.9. The zero-order chi connectivity index (χ0) is 29.0. The van der Waals surface area contributed by atoms with E-state index in [1.54, 1.807) is 6.07 Å². The number of fused-ring (bicyclic) bond motifs is 1. The van der Waals surface area contributed by atoms with Gasteiger partial charge in [0.1, 0.15) is 11.6 Å². The van der Waals surface area contributed by atoms with Crippen LogP contribution in [0.1, 0.15) is 42.9 Å². The molecule has 5 heterocycles. The molecule has 214 valence electrons. The van der Waals surface area contributed by atoms with Crippen LogP contribution < -0.4 is 14.5 Å². The van der Waals surface area contributed by atoms with E-state index in [4.69, 9.17) is 10.2 Å². The van der Waals surface area contributed by atoms with Gasteiger partial charge >= 0.3 is 18.6 Å². The van der Waals surface area contributed by atoms with Gasteiger partial charge in [0, 0.05) is 61.8 Å². The summed E-state index contributed by atoms with van der Waals surface area (Å²) in [5, 5.41) is 15.6. The molecule has 0 saturated carbocycles. The van der Waals surface area contributed by atoms with Gasteiger partial charge < -0.3 is 29.6 Å². The summed E-state index contributed by atoms with van der Waals surface area (Å²) >= 11 is 0. The summed E-state index contributed by atoms with van der Waals surface area (Å²) in [6.45, 7) is 4.70. The predicted octanol–water partition coefficient (Wildman–Crippen LogP) is 2.63. The molecule has 0 unspecified atom stereocenters. The highest BCUT2D eigenvalue weighted by atomic mass is 19.3. The molecule has 5 rings (SSSR count). The Morgan fingerprint density at radius 2 is 1.80 bits per heavy atom. The van der Waals surface area contributed by atoms with Crippen molar-refractivity contribution < 1.29 is 38.1 Å². The number of carboxylic acid groups (broad SMARTS) is 2. The van der Waals surface area contributed by atoms with Crippen LogP contribution in [-0.2, 0) is 20.9 Å². The first-order chi connectivity index (χ1) is 19.0. The number of anilines is 2. The Balaban J connectivity index is 0.000000406. The van der Waals surface area contributed by atoms with E-state index in [-0.39, 0.29) is 23.7 Å². The number of ether oxygens (including phenoxy) is 1. The van der Waals surface area contributed by atoms with Gasteiger partial charge in [0.05, 0.1) is 24.2 Å². The third-order valence-electron chi connectivity index (χ3n) is 6.96. The lowest BCUT2D eigenvalue weighted by atomic mass is 10.1. The van der Waals surface area contributed by atoms with Crippen molar-refractivity contribution in [2.75, 3.05) is 36.0 Å². The molecule has 2 atom stereocenters. The molecule has 3 aliphatic rings. The summed E-state index contributed by atoms with van der Waals surface area (Å²) in [5.41, 5.74) is 2.74. The van der Waals surface area contributed by atoms with E-state index >= 15 is 0 Å². The molecule has 2 fully saturated rings. The van der Waals surface area contributed by atoms with Crippen LogP contribution in [0.4, 0.5) is 20.3 Å². The number of pyridine rings is 1. The summed E-state index contributed by atoms with van der Waals surface area (Å²) in [6.07, 6.45) is 4.42. The number of aryl methyl sites for hydroxylation is 1. The number of rotatable bonds is 7. The van der Waals surface area contributed by atoms with Crippen molar-refractivity contribution in [3.63, 3.8) is 0 Å². The molecule has 0 radical (unpaired) electrons. The number of carboxylic acids is 2. The van der Waals surface area contributed by atoms with Crippen molar-refractivity contribution in [2.45, 2.75) is 45.9 Å². The molecule has 0 bridgehead atoms. The molecule has 12 nitrogen and oxygen atoms in total. The molecule has 2 N–H and O–H groups in total. The normalized spacial score (nSPS) is 19.8. The standard InChI is InChI=1S/C22H26F2N6O2.C4H4O4/c1-13-19-17(26-14(2)27-20(19)28-7-3-8-28)12-30(13)21(31)15-5-9-29(11-15)16-4-6-25-18(10-16)32-22(23)24;5-3(6)1-2-4(7)8/h4,6,10,13,15,22H,3,5,7-9,11-12H2,1-2H3;1-2H,(H,5,6)(H,7,8)/b;2-1+/t13-,15-;/m1./s1. The van der Waals surface area contributed by atoms with E-state index in [1.807, 2.05) is 16.7 Å². The summed E-state index contributed by atoms with van der Waals surface area (Å²) < 4.78 is 29.4. The minimum absolute atomic E-state index is 0.0743. The molecule has 1 amide bonds. The number of carbonyl (C=O) groups excluding carboxylic acids is 1. The largest absolute Gasteiger partial charge is 0.478 e. The maximum absolute atomic E-state index is 13.5. The zero-order valence-electron chi connectivity index (χ0n) is 22.0. The smallest absolute Gasteiger partial charge is 0.388 e. The Morgan fingerprint density at radius 3 is 2.40 bits per heavy atom. The quantitative estimate of drug-likeness (QED) is 0.481. The van der Waals surface area contributed by atoms with Gasteiger partial charge in [-0.15, -0.1) is 0 Å². The monoisotopic (exact) mass is 560 g/mol. The highest BCUT2D eigenvalue weighted by Crippen LogP contribution is 2.40. The Morgan fingerprint density at radius 1 is 1.10 bits per heavy atom. The van der Waals surface area contributed by atoms with Crippen LogP contribution in [0.3, 0.4) is 0 Å². The van der Waals surface area contributed by atoms with Crippen molar-refractivity contribution >= 4 is 29.4 Å². The maximum atomic E-state index is 13.5. The van der Waals surface area contributed by atoms with E-state index in [0.717, 1.165) is 48.1 Å². The number of alkyl halides is 2. The average Bonchev–Trinajstić information content (AvgIpc) is 3.47. The van der Waals surface area contributed by atoms with Crippen LogP contribution in [0.2, 0.25) is 0 Å². The first kappa shape index (κ1) is 28.6. The average molecular weight is 561 g/mol. The number of aromatic nitrogens is 3. The lowest BCUT2D eigenvalue weighted by Crippen LogP contribution is -2.39. The van der Waals surface area contributed by atoms with E-state index in [2.05, 4.69) is 31.5 Å². The van der Waals surface area contributed by atoms with Gasteiger partial charge in [0.25, 0.3) is 0 Å². The van der Waals surface area contributed by atoms with Gasteiger partial charge in [-0.1, -0.05) is 0 Å². The Labute approximate surface area is 228 Å². The molecular formula is C26H30F2N6O6. The lowest BCUT2D eigenvalue weighted by molar-refractivity contribution is -0.137. The maximum Gasteiger partial charge on any atom is 0.388 e. The molecule has 0 aromatic carbocycles. The van der Waals surface area contributed by atoms with Crippen molar-refractivity contribution in [3.05, 3.63) is 47.6 Å². The number of nitrogens with zero attached hydrogens (tertiary/aromatic N) is 6. The van der Waals surface area contributed by atoms with Crippen molar-refractivity contribution in [1.82, 2.24) is 19.9 Å². The first-order valence-electron chi connectivity index (χ1n) is 12.8. The van der Waals surface area contributed by atoms with E-state index in [9.17, 15) is 23.2 Å². The third kappa shape index (κ3) is 6.61. The van der Waals surface area contributed by atoms with Gasteiger partial charge in [-0.3, -0.25) is 4.79 Å². The molecule has 14 heteroatoms. The van der Waals surface area contributed by atoms with Gasteiger partial charge in [0.2, 0.25) is 11.8 Å². The van der Waals surface area contributed by atoms with Gasteiger partial charge in [-0.25, -0.2) is 24.5 Å². The van der Waals surface area contributed by atoms with Crippen LogP contribution in [0.5, 0.6) is 5.88 Å². The van der Waals surface area contributed by atoms with Crippen LogP contribution in [0, 0.1) is 12.8 Å². The number of amides is 1. The predicted molar refractivity (Wildman–Crippen MR) is 138 cm³/mol. The second-order valence-corrected chi connectivity index (χ2v) is 9.61. The van der Waals surface area contributed by atoms with Crippen molar-refractivity contribution in [3.8, 4) is 5.88 Å². The highest BCUT2D eigenvalue weighted by molar-refractivity contribution is 5.89. The van der Waals surface area contributed by atoms with Gasteiger partial charge in [0.15, 0.2) is 0 Å². The summed E-state index contributed by atoms with van der Waals surface area (Å²) in [6, 6.07) is 3.16. The molecule has 2 saturated heterocycles. The fourth-order valence-corrected chi connectivity index (χ4v) is 4.99. The van der Waals surface area contributed by atoms with E-state index in [0.29, 0.717) is 38.2 Å². The van der Waals surface area contributed by atoms with Gasteiger partial charge in [-0.2, -0.15) is 8.78 Å². The van der Waals surface area contributed by atoms with Crippen LogP contribution >= 0.6 is 0 Å². The number of hydrogen-bond donors (Lipinski definition) is 2. The zero-order valence-corrected chi connectivity index (χ0v) is 22.0. The molecule has 0 spiro atoms. The fraction of sp³-hybridized carbons (Fsp3) is 0.462. The molecule has 3 aliphatic heterocycles. The Bertz CT molecular complexity index is 1290. The number of carbonyl (C=O) groups is 3. The third-order valence-corrected chi connectivity index (χ3v) is 6.96. The molecule has 0 aliphatic carbocycles. The molecular weight excluding hydrogens is 530 g/mol. The van der Waals surface area contributed by atoms with Crippen molar-refractivity contribution in [1.29, 1.82) is 0 Å². The minimum Gasteiger partial charge on any atom is -0.478 e.